The Bertz CT molecular complexity index is 3850. The van der Waals surface area contributed by atoms with Gasteiger partial charge in [0, 0.05) is 58.5 Å². The van der Waals surface area contributed by atoms with Crippen molar-refractivity contribution in [2.24, 2.45) is 0 Å². The topological polar surface area (TPSA) is 48.5 Å². The lowest BCUT2D eigenvalue weighted by atomic mass is 9.63. The van der Waals surface area contributed by atoms with Crippen molar-refractivity contribution < 1.29 is 0 Å². The second-order valence-corrected chi connectivity index (χ2v) is 19.7. The van der Waals surface area contributed by atoms with Crippen LogP contribution in [-0.4, -0.2) is 24.1 Å². The molecule has 0 saturated carbocycles. The normalized spacial score (nSPS) is 14.8. The summed E-state index contributed by atoms with van der Waals surface area (Å²) in [6, 6.07) is 59.4. The van der Waals surface area contributed by atoms with E-state index < -0.39 is 0 Å². The Morgan fingerprint density at radius 1 is 0.460 bits per heavy atom. The summed E-state index contributed by atoms with van der Waals surface area (Å²) >= 11 is 1.80. The van der Waals surface area contributed by atoms with Gasteiger partial charge in [-0.1, -0.05) is 149 Å². The summed E-state index contributed by atoms with van der Waals surface area (Å²) in [5.74, 6) is 1.88. The van der Waals surface area contributed by atoms with Crippen LogP contribution in [-0.2, 0) is 10.8 Å². The number of thiophene rings is 1. The van der Waals surface area contributed by atoms with Crippen LogP contribution in [0.15, 0.2) is 164 Å². The van der Waals surface area contributed by atoms with Gasteiger partial charge in [0.1, 0.15) is 0 Å². The average Bonchev–Trinajstić information content (AvgIpc) is 3.99. The van der Waals surface area contributed by atoms with E-state index in [-0.39, 0.29) is 10.8 Å². The van der Waals surface area contributed by atoms with E-state index in [0.717, 1.165) is 51.6 Å². The predicted octanol–water partition coefficient (Wildman–Crippen LogP) is 15.3. The van der Waals surface area contributed by atoms with Crippen molar-refractivity contribution in [2.75, 3.05) is 0 Å². The molecule has 0 N–H and O–H groups in total. The highest BCUT2D eigenvalue weighted by atomic mass is 32.1. The van der Waals surface area contributed by atoms with Crippen LogP contribution >= 0.6 is 11.3 Å². The van der Waals surface area contributed by atoms with Crippen molar-refractivity contribution in [3.8, 4) is 34.4 Å². The van der Waals surface area contributed by atoms with Crippen molar-refractivity contribution in [3.63, 3.8) is 0 Å². The number of nitrogens with zero attached hydrogens (tertiary/aromatic N) is 5. The summed E-state index contributed by atoms with van der Waals surface area (Å²) in [6.07, 6.45) is 2.29. The van der Waals surface area contributed by atoms with Gasteiger partial charge in [0.05, 0.1) is 22.1 Å². The van der Waals surface area contributed by atoms with E-state index >= 15 is 0 Å². The van der Waals surface area contributed by atoms with Crippen LogP contribution in [0, 0.1) is 0 Å². The molecule has 0 amide bonds. The average molecular weight is 830 g/mol. The lowest BCUT2D eigenvalue weighted by Crippen LogP contribution is -2.33. The number of rotatable bonds is 4. The molecule has 8 aromatic carbocycles. The molecule has 0 fully saturated rings. The van der Waals surface area contributed by atoms with E-state index in [4.69, 9.17) is 15.0 Å². The quantitative estimate of drug-likeness (QED) is 0.178. The minimum atomic E-state index is 0.0374. The third-order valence-corrected chi connectivity index (χ3v) is 15.2. The van der Waals surface area contributed by atoms with E-state index in [1.165, 1.54) is 63.7 Å². The molecule has 0 spiro atoms. The van der Waals surface area contributed by atoms with Gasteiger partial charge in [0.15, 0.2) is 11.6 Å². The highest BCUT2D eigenvalue weighted by Crippen LogP contribution is 2.52. The molecular formula is C57H43N5S. The van der Waals surface area contributed by atoms with Crippen LogP contribution in [0.4, 0.5) is 0 Å². The third-order valence-electron chi connectivity index (χ3n) is 14.0. The molecule has 302 valence electrons. The van der Waals surface area contributed by atoms with Crippen molar-refractivity contribution in [2.45, 2.75) is 51.4 Å². The summed E-state index contributed by atoms with van der Waals surface area (Å²) < 4.78 is 7.29. The fourth-order valence-electron chi connectivity index (χ4n) is 10.8. The Morgan fingerprint density at radius 3 is 1.78 bits per heavy atom. The van der Waals surface area contributed by atoms with Gasteiger partial charge in [0.2, 0.25) is 5.95 Å². The monoisotopic (exact) mass is 829 g/mol. The lowest BCUT2D eigenvalue weighted by molar-refractivity contribution is 0.332. The van der Waals surface area contributed by atoms with E-state index in [2.05, 4.69) is 195 Å². The molecule has 1 aliphatic rings. The number of benzene rings is 8. The molecule has 0 radical (unpaired) electrons. The van der Waals surface area contributed by atoms with Crippen molar-refractivity contribution in [1.82, 2.24) is 24.1 Å². The molecule has 0 saturated heterocycles. The second kappa shape index (κ2) is 13.2. The van der Waals surface area contributed by atoms with Crippen LogP contribution in [0.1, 0.15) is 51.7 Å². The molecule has 5 nitrogen and oxygen atoms in total. The summed E-state index contributed by atoms with van der Waals surface area (Å²) in [6.45, 7) is 9.71. The summed E-state index contributed by atoms with van der Waals surface area (Å²) in [5.41, 5.74) is 10.5. The SMILES string of the molecule is CC1(C)CCC(C)(C)c2cc3c(cc21)c1c2ccccc2c2c4ccccc4n(-c4nc(-c5ccccc5)nc(-c5cccc6c5sc5ccccc56)n4)c2c1n3-c1ccccc1. The van der Waals surface area contributed by atoms with E-state index in [1.807, 2.05) is 6.07 Å². The fraction of sp³-hybridized carbons (Fsp3) is 0.140. The van der Waals surface area contributed by atoms with Gasteiger partial charge in [-0.05, 0) is 88.0 Å². The molecule has 6 heteroatoms. The molecule has 0 bridgehead atoms. The van der Waals surface area contributed by atoms with Crippen LogP contribution in [0.25, 0.3) is 109 Å². The minimum absolute atomic E-state index is 0.0374. The zero-order valence-corrected chi connectivity index (χ0v) is 36.5. The van der Waals surface area contributed by atoms with Crippen LogP contribution in [0.2, 0.25) is 0 Å². The molecule has 4 heterocycles. The van der Waals surface area contributed by atoms with Gasteiger partial charge in [0.25, 0.3) is 0 Å². The standard InChI is InChI=1S/C57H43N5S/c1-56(2)30-31-57(3,4)44-33-46-42(32-43(44)56)49-38-24-12-11-23-37(38)48-40-25-13-15-28-45(40)62(51(48)50(49)61(46)35-20-9-6-10-21-35)55-59-53(34-18-7-5-8-19-34)58-54(60-55)41-27-17-26-39-36-22-14-16-29-47(36)63-52(39)41/h5-29,32-33H,30-31H2,1-4H3. The van der Waals surface area contributed by atoms with Gasteiger partial charge in [-0.15, -0.1) is 11.3 Å². The molecule has 4 aromatic heterocycles. The number of hydrogen-bond acceptors (Lipinski definition) is 4. The molecule has 1 aliphatic carbocycles. The van der Waals surface area contributed by atoms with E-state index in [0.29, 0.717) is 17.6 Å². The molecule has 0 unspecified atom stereocenters. The summed E-state index contributed by atoms with van der Waals surface area (Å²) in [5, 5.41) is 9.78. The van der Waals surface area contributed by atoms with E-state index in [1.54, 1.807) is 11.3 Å². The Labute approximate surface area is 368 Å². The molecule has 13 rings (SSSR count). The zero-order chi connectivity index (χ0) is 42.2. The van der Waals surface area contributed by atoms with Gasteiger partial charge in [-0.25, -0.2) is 4.98 Å². The third kappa shape index (κ3) is 5.25. The second-order valence-electron chi connectivity index (χ2n) is 18.6. The van der Waals surface area contributed by atoms with Gasteiger partial charge in [-0.2, -0.15) is 9.97 Å². The van der Waals surface area contributed by atoms with Gasteiger partial charge < -0.3 is 4.57 Å². The van der Waals surface area contributed by atoms with Crippen LogP contribution in [0.5, 0.6) is 0 Å². The highest BCUT2D eigenvalue weighted by Gasteiger charge is 2.38. The smallest absolute Gasteiger partial charge is 0.238 e. The van der Waals surface area contributed by atoms with Crippen LogP contribution in [0.3, 0.4) is 0 Å². The zero-order valence-electron chi connectivity index (χ0n) is 35.6. The van der Waals surface area contributed by atoms with Crippen LogP contribution < -0.4 is 0 Å². The first-order valence-electron chi connectivity index (χ1n) is 22.0. The molecular weight excluding hydrogens is 787 g/mol. The van der Waals surface area contributed by atoms with Gasteiger partial charge in [-0.3, -0.25) is 4.57 Å². The molecule has 63 heavy (non-hydrogen) atoms. The molecule has 12 aromatic rings. The summed E-state index contributed by atoms with van der Waals surface area (Å²) in [4.78, 5) is 16.4. The first kappa shape index (κ1) is 36.5. The fourth-order valence-corrected chi connectivity index (χ4v) is 12.0. The Balaban J connectivity index is 1.24. The maximum Gasteiger partial charge on any atom is 0.238 e. The Kier molecular flexibility index (Phi) is 7.64. The summed E-state index contributed by atoms with van der Waals surface area (Å²) in [7, 11) is 0. The number of fused-ring (bicyclic) bond motifs is 14. The lowest BCUT2D eigenvalue weighted by Gasteiger charge is -2.42. The first-order chi connectivity index (χ1) is 30.7. The van der Waals surface area contributed by atoms with Gasteiger partial charge >= 0.3 is 0 Å². The number of aromatic nitrogens is 5. The number of hydrogen-bond donors (Lipinski definition) is 0. The maximum absolute atomic E-state index is 5.57. The minimum Gasteiger partial charge on any atom is -0.307 e. The Hall–Kier alpha value is -7.15. The maximum atomic E-state index is 5.57. The Morgan fingerprint density at radius 2 is 1.03 bits per heavy atom. The number of para-hydroxylation sites is 2. The van der Waals surface area contributed by atoms with Crippen molar-refractivity contribution in [1.29, 1.82) is 0 Å². The largest absolute Gasteiger partial charge is 0.307 e. The first-order valence-corrected chi connectivity index (χ1v) is 22.8. The highest BCUT2D eigenvalue weighted by molar-refractivity contribution is 7.26. The molecule has 0 aliphatic heterocycles. The predicted molar refractivity (Wildman–Crippen MR) is 265 cm³/mol. The van der Waals surface area contributed by atoms with Crippen molar-refractivity contribution >= 4 is 85.9 Å². The van der Waals surface area contributed by atoms with E-state index in [9.17, 15) is 0 Å². The molecule has 0 atom stereocenters. The van der Waals surface area contributed by atoms with Crippen molar-refractivity contribution in [3.05, 3.63) is 175 Å².